The minimum absolute atomic E-state index is 0.0182. The minimum Gasteiger partial charge on any atom is -0.389 e. The highest BCUT2D eigenvalue weighted by Gasteiger charge is 2.16. The summed E-state index contributed by atoms with van der Waals surface area (Å²) in [5.41, 5.74) is 21.8. The molecule has 15 heteroatoms. The molecular formula is C22H44ClN9O5. The van der Waals surface area contributed by atoms with Crippen LogP contribution in [-0.4, -0.2) is 84.9 Å². The predicted molar refractivity (Wildman–Crippen MR) is 147 cm³/mol. The van der Waals surface area contributed by atoms with Gasteiger partial charge < -0.3 is 47.9 Å². The summed E-state index contributed by atoms with van der Waals surface area (Å²) >= 11 is 5.73. The molecule has 0 fully saturated rings. The van der Waals surface area contributed by atoms with Crippen molar-refractivity contribution in [1.29, 1.82) is 0 Å². The smallest absolute Gasteiger partial charge is 0.280 e. The molecule has 214 valence electrons. The number of anilines is 2. The number of nitrogens with zero attached hydrogens (tertiary/aromatic N) is 3. The molecule has 1 aromatic rings. The van der Waals surface area contributed by atoms with Gasteiger partial charge in [-0.2, -0.15) is 0 Å². The first kappa shape index (κ1) is 36.4. The van der Waals surface area contributed by atoms with Crippen molar-refractivity contribution < 1.29 is 24.5 Å². The van der Waals surface area contributed by atoms with Crippen molar-refractivity contribution in [2.24, 2.45) is 16.5 Å². The molecule has 1 rings (SSSR count). The predicted octanol–water partition coefficient (Wildman–Crippen LogP) is -0.0524. The van der Waals surface area contributed by atoms with Gasteiger partial charge in [0.1, 0.15) is 6.73 Å². The Kier molecular flexibility index (Phi) is 24.5. The highest BCUT2D eigenvalue weighted by molar-refractivity contribution is 6.31. The Labute approximate surface area is 223 Å². The summed E-state index contributed by atoms with van der Waals surface area (Å²) in [6.07, 6.45) is 6.45. The number of rotatable bonds is 14. The maximum absolute atomic E-state index is 12.1. The standard InChI is InChI=1S/C15H27ClN8O3.C4H9NO.C3H8O/c16-11-13(19)23-12(18)10(22-11)14(26)24-15(20)21-5-3-1-2-4-6-27-8-9(25)7-17;1-2-3-5-4-6;1-3-4-2/h9,25H,1-8,17H2,(H4,18,19,23)(H3,20,21,24,26);2-3,5-6H,4H2,1H3;3H2,1-2H3. The van der Waals surface area contributed by atoms with Gasteiger partial charge in [0.05, 0.1) is 12.7 Å². The fraction of sp³-hybridized carbons (Fsp3) is 0.636. The number of carbonyl (C=O) groups excluding carboxylic acids is 1. The Morgan fingerprint density at radius 2 is 1.86 bits per heavy atom. The Morgan fingerprint density at radius 3 is 2.41 bits per heavy atom. The second-order valence-electron chi connectivity index (χ2n) is 7.17. The van der Waals surface area contributed by atoms with Gasteiger partial charge in [-0.1, -0.05) is 30.5 Å². The van der Waals surface area contributed by atoms with Crippen molar-refractivity contribution >= 4 is 35.1 Å². The van der Waals surface area contributed by atoms with Gasteiger partial charge in [0.25, 0.3) is 5.91 Å². The van der Waals surface area contributed by atoms with Gasteiger partial charge in [-0.05, 0) is 32.9 Å². The second-order valence-corrected chi connectivity index (χ2v) is 7.53. The number of halogens is 1. The zero-order chi connectivity index (χ0) is 28.5. The highest BCUT2D eigenvalue weighted by Crippen LogP contribution is 2.17. The Morgan fingerprint density at radius 1 is 1.22 bits per heavy atom. The number of ether oxygens (including phenoxy) is 2. The van der Waals surface area contributed by atoms with Gasteiger partial charge in [-0.3, -0.25) is 15.1 Å². The quantitative estimate of drug-likeness (QED) is 0.0658. The van der Waals surface area contributed by atoms with Gasteiger partial charge in [-0.15, -0.1) is 0 Å². The van der Waals surface area contributed by atoms with Gasteiger partial charge in [0.2, 0.25) is 0 Å². The molecule has 1 atom stereocenters. The van der Waals surface area contributed by atoms with Crippen molar-refractivity contribution in [3.05, 3.63) is 23.1 Å². The van der Waals surface area contributed by atoms with Crippen LogP contribution >= 0.6 is 11.6 Å². The van der Waals surface area contributed by atoms with E-state index in [0.29, 0.717) is 13.2 Å². The van der Waals surface area contributed by atoms with Gasteiger partial charge in [0, 0.05) is 33.4 Å². The molecule has 1 unspecified atom stereocenters. The van der Waals surface area contributed by atoms with Crippen molar-refractivity contribution in [3.8, 4) is 0 Å². The van der Waals surface area contributed by atoms with E-state index in [2.05, 4.69) is 30.3 Å². The summed E-state index contributed by atoms with van der Waals surface area (Å²) < 4.78 is 9.82. The number of nitrogens with two attached hydrogens (primary N) is 4. The lowest BCUT2D eigenvalue weighted by atomic mass is 10.2. The Bertz CT molecular complexity index is 783. The van der Waals surface area contributed by atoms with E-state index >= 15 is 0 Å². The highest BCUT2D eigenvalue weighted by atomic mass is 35.5. The number of guanidine groups is 1. The number of unbranched alkanes of at least 4 members (excludes halogenated alkanes) is 3. The van der Waals surface area contributed by atoms with Gasteiger partial charge >= 0.3 is 0 Å². The molecule has 0 saturated carbocycles. The third kappa shape index (κ3) is 21.1. The zero-order valence-electron chi connectivity index (χ0n) is 22.0. The fourth-order valence-electron chi connectivity index (χ4n) is 2.15. The fourth-order valence-corrected chi connectivity index (χ4v) is 2.28. The summed E-state index contributed by atoms with van der Waals surface area (Å²) in [5.74, 6) is -0.926. The molecular weight excluding hydrogens is 506 g/mol. The topological polar surface area (TPSA) is 242 Å². The molecule has 0 aliphatic heterocycles. The van der Waals surface area contributed by atoms with E-state index in [1.54, 1.807) is 13.3 Å². The van der Waals surface area contributed by atoms with Crippen LogP contribution in [0.5, 0.6) is 0 Å². The number of aliphatic hydroxyl groups excluding tert-OH is 2. The molecule has 0 spiro atoms. The normalized spacial score (nSPS) is 11.7. The van der Waals surface area contributed by atoms with Crippen LogP contribution in [0.25, 0.3) is 0 Å². The largest absolute Gasteiger partial charge is 0.389 e. The van der Waals surface area contributed by atoms with E-state index in [-0.39, 0.29) is 48.3 Å². The monoisotopic (exact) mass is 549 g/mol. The van der Waals surface area contributed by atoms with E-state index in [0.717, 1.165) is 32.3 Å². The van der Waals surface area contributed by atoms with Gasteiger partial charge in [-0.25, -0.2) is 9.97 Å². The Hall–Kier alpha value is -2.75. The first-order valence-electron chi connectivity index (χ1n) is 11.8. The van der Waals surface area contributed by atoms with Crippen LogP contribution in [0.15, 0.2) is 17.3 Å². The number of nitrogens with one attached hydrogen (secondary N) is 2. The number of aliphatic imine (C=N–C) groups is 1. The van der Waals surface area contributed by atoms with Crippen LogP contribution in [0, 0.1) is 0 Å². The SMILES string of the molecule is CC=CNCO.CCOC.NCC(O)COCCCCCCN=C(N)NC(=O)c1nc(Cl)c(N)nc1N. The number of hydrogen-bond donors (Lipinski definition) is 8. The minimum atomic E-state index is -0.667. The maximum atomic E-state index is 12.1. The number of nitrogen functional groups attached to an aromatic ring is 2. The maximum Gasteiger partial charge on any atom is 0.280 e. The molecule has 12 N–H and O–H groups in total. The van der Waals surface area contributed by atoms with E-state index in [4.69, 9.17) is 44.4 Å². The Balaban J connectivity index is 0. The molecule has 0 bridgehead atoms. The van der Waals surface area contributed by atoms with Crippen LogP contribution in [0.1, 0.15) is 50.0 Å². The third-order valence-corrected chi connectivity index (χ3v) is 4.37. The second kappa shape index (κ2) is 24.9. The van der Waals surface area contributed by atoms with Crippen molar-refractivity contribution in [2.75, 3.05) is 58.2 Å². The molecule has 1 amide bonds. The molecule has 1 aromatic heterocycles. The molecule has 0 saturated heterocycles. The number of hydrogen-bond acceptors (Lipinski definition) is 12. The van der Waals surface area contributed by atoms with E-state index in [9.17, 15) is 9.90 Å². The first-order chi connectivity index (χ1) is 17.7. The molecule has 1 heterocycles. The number of aromatic nitrogens is 2. The van der Waals surface area contributed by atoms with Crippen LogP contribution in [0.3, 0.4) is 0 Å². The number of carbonyl (C=O) groups is 1. The van der Waals surface area contributed by atoms with Crippen LogP contribution in [0.2, 0.25) is 5.15 Å². The molecule has 0 aliphatic rings. The summed E-state index contributed by atoms with van der Waals surface area (Å²) in [4.78, 5) is 23.6. The molecule has 14 nitrogen and oxygen atoms in total. The van der Waals surface area contributed by atoms with Crippen LogP contribution < -0.4 is 33.6 Å². The number of aliphatic hydroxyl groups is 2. The van der Waals surface area contributed by atoms with Crippen LogP contribution in [0.4, 0.5) is 11.6 Å². The van der Waals surface area contributed by atoms with E-state index < -0.39 is 12.0 Å². The summed E-state index contributed by atoms with van der Waals surface area (Å²) in [6, 6.07) is 0. The lowest BCUT2D eigenvalue weighted by molar-refractivity contribution is 0.0397. The molecule has 37 heavy (non-hydrogen) atoms. The summed E-state index contributed by atoms with van der Waals surface area (Å²) in [5, 5.41) is 22.1. The van der Waals surface area contributed by atoms with Crippen molar-refractivity contribution in [1.82, 2.24) is 20.6 Å². The van der Waals surface area contributed by atoms with E-state index in [1.807, 2.05) is 19.9 Å². The lowest BCUT2D eigenvalue weighted by Crippen LogP contribution is -2.38. The third-order valence-electron chi connectivity index (χ3n) is 4.09. The average Bonchev–Trinajstić information content (AvgIpc) is 2.88. The number of amides is 1. The van der Waals surface area contributed by atoms with Crippen LogP contribution in [-0.2, 0) is 9.47 Å². The first-order valence-corrected chi connectivity index (χ1v) is 12.2. The van der Waals surface area contributed by atoms with Crippen molar-refractivity contribution in [2.45, 2.75) is 45.6 Å². The number of allylic oxidation sites excluding steroid dienone is 1. The number of methoxy groups -OCH3 is 1. The van der Waals surface area contributed by atoms with Gasteiger partial charge in [0.15, 0.2) is 28.4 Å². The average molecular weight is 550 g/mol. The molecule has 0 aromatic carbocycles. The van der Waals surface area contributed by atoms with Crippen molar-refractivity contribution in [3.63, 3.8) is 0 Å². The zero-order valence-corrected chi connectivity index (χ0v) is 22.7. The summed E-state index contributed by atoms with van der Waals surface area (Å²) in [7, 11) is 1.68. The van der Waals surface area contributed by atoms with E-state index in [1.165, 1.54) is 0 Å². The lowest BCUT2D eigenvalue weighted by Gasteiger charge is -2.08. The summed E-state index contributed by atoms with van der Waals surface area (Å²) in [6.45, 7) is 6.16. The molecule has 0 radical (unpaired) electrons. The molecule has 0 aliphatic carbocycles.